The second kappa shape index (κ2) is 7.79. The maximum Gasteiger partial charge on any atom is 0.233 e. The highest BCUT2D eigenvalue weighted by molar-refractivity contribution is 9.11. The van der Waals surface area contributed by atoms with Crippen molar-refractivity contribution in [2.75, 3.05) is 13.1 Å². The monoisotopic (exact) mass is 363 g/mol. The van der Waals surface area contributed by atoms with Gasteiger partial charge in [-0.1, -0.05) is 6.92 Å². The normalized spacial score (nSPS) is 10.3. The van der Waals surface area contributed by atoms with Gasteiger partial charge in [-0.25, -0.2) is 0 Å². The zero-order chi connectivity index (χ0) is 12.7. The summed E-state index contributed by atoms with van der Waals surface area (Å²) in [6, 6.07) is 1.93. The zero-order valence-corrected chi connectivity index (χ0v) is 12.8. The molecule has 4 nitrogen and oxygen atoms in total. The van der Waals surface area contributed by atoms with E-state index in [1.54, 1.807) is 6.20 Å². The predicted molar refractivity (Wildman–Crippen MR) is 74.6 cm³/mol. The van der Waals surface area contributed by atoms with E-state index in [4.69, 9.17) is 0 Å². The molecule has 0 aliphatic heterocycles. The molecule has 17 heavy (non-hydrogen) atoms. The molecule has 0 spiro atoms. The Morgan fingerprint density at radius 3 is 2.88 bits per heavy atom. The van der Waals surface area contributed by atoms with Crippen LogP contribution in [0.2, 0.25) is 0 Å². The molecular weight excluding hydrogens is 350 g/mol. The van der Waals surface area contributed by atoms with Gasteiger partial charge in [0.05, 0.1) is 12.2 Å². The third kappa shape index (κ3) is 5.61. The highest BCUT2D eigenvalue weighted by Crippen LogP contribution is 2.19. The number of pyridine rings is 1. The Bertz CT molecular complexity index is 385. The van der Waals surface area contributed by atoms with Gasteiger partial charge in [-0.2, -0.15) is 0 Å². The van der Waals surface area contributed by atoms with Crippen molar-refractivity contribution in [3.05, 3.63) is 26.9 Å². The standard InChI is InChI=1S/C11H15Br2N3O/c1-2-3-15-11(17)7-14-6-10-9(13)4-8(12)5-16-10/h4-5,14H,2-3,6-7H2,1H3,(H,15,17). The second-order valence-corrected chi connectivity index (χ2v) is 5.31. The zero-order valence-electron chi connectivity index (χ0n) is 9.59. The van der Waals surface area contributed by atoms with Crippen LogP contribution in [-0.2, 0) is 11.3 Å². The minimum absolute atomic E-state index is 0.0140. The minimum Gasteiger partial charge on any atom is -0.355 e. The summed E-state index contributed by atoms with van der Waals surface area (Å²) in [6.45, 7) is 3.62. The number of hydrogen-bond acceptors (Lipinski definition) is 3. The van der Waals surface area contributed by atoms with Crippen LogP contribution in [-0.4, -0.2) is 24.0 Å². The van der Waals surface area contributed by atoms with E-state index in [2.05, 4.69) is 47.5 Å². The topological polar surface area (TPSA) is 54.0 Å². The highest BCUT2D eigenvalue weighted by Gasteiger charge is 2.03. The molecular formula is C11H15Br2N3O. The molecule has 1 heterocycles. The molecule has 0 aliphatic carbocycles. The maximum atomic E-state index is 11.3. The molecule has 0 saturated carbocycles. The van der Waals surface area contributed by atoms with Crippen molar-refractivity contribution >= 4 is 37.8 Å². The van der Waals surface area contributed by atoms with Crippen molar-refractivity contribution in [2.24, 2.45) is 0 Å². The number of rotatable bonds is 6. The first-order valence-electron chi connectivity index (χ1n) is 5.40. The number of aromatic nitrogens is 1. The van der Waals surface area contributed by atoms with Crippen molar-refractivity contribution in [3.63, 3.8) is 0 Å². The summed E-state index contributed by atoms with van der Waals surface area (Å²) >= 11 is 6.76. The minimum atomic E-state index is 0.0140. The molecule has 0 radical (unpaired) electrons. The molecule has 0 aliphatic rings. The van der Waals surface area contributed by atoms with Gasteiger partial charge in [-0.05, 0) is 44.3 Å². The van der Waals surface area contributed by atoms with Crippen molar-refractivity contribution in [3.8, 4) is 0 Å². The summed E-state index contributed by atoms with van der Waals surface area (Å²) in [4.78, 5) is 15.6. The molecule has 1 aromatic rings. The van der Waals surface area contributed by atoms with E-state index in [0.717, 1.165) is 27.6 Å². The largest absolute Gasteiger partial charge is 0.355 e. The number of carbonyl (C=O) groups excluding carboxylic acids is 1. The second-order valence-electron chi connectivity index (χ2n) is 3.54. The molecule has 1 aromatic heterocycles. The highest BCUT2D eigenvalue weighted by atomic mass is 79.9. The van der Waals surface area contributed by atoms with Gasteiger partial charge < -0.3 is 10.6 Å². The van der Waals surface area contributed by atoms with E-state index >= 15 is 0 Å². The fraction of sp³-hybridized carbons (Fsp3) is 0.455. The Morgan fingerprint density at radius 2 is 2.24 bits per heavy atom. The molecule has 1 rings (SSSR count). The van der Waals surface area contributed by atoms with Crippen LogP contribution in [0, 0.1) is 0 Å². The lowest BCUT2D eigenvalue weighted by atomic mass is 10.3. The van der Waals surface area contributed by atoms with Gasteiger partial charge in [0.25, 0.3) is 0 Å². The van der Waals surface area contributed by atoms with Gasteiger partial charge >= 0.3 is 0 Å². The van der Waals surface area contributed by atoms with E-state index in [0.29, 0.717) is 13.1 Å². The van der Waals surface area contributed by atoms with Crippen LogP contribution in [0.3, 0.4) is 0 Å². The summed E-state index contributed by atoms with van der Waals surface area (Å²) in [6.07, 6.45) is 2.69. The molecule has 0 saturated heterocycles. The Balaban J connectivity index is 2.33. The van der Waals surface area contributed by atoms with Crippen LogP contribution in [0.5, 0.6) is 0 Å². The lowest BCUT2D eigenvalue weighted by Gasteiger charge is -2.07. The molecule has 2 N–H and O–H groups in total. The van der Waals surface area contributed by atoms with Crippen molar-refractivity contribution in [2.45, 2.75) is 19.9 Å². The first-order chi connectivity index (χ1) is 8.13. The fourth-order valence-corrected chi connectivity index (χ4v) is 2.32. The lowest BCUT2D eigenvalue weighted by Crippen LogP contribution is -2.34. The van der Waals surface area contributed by atoms with Crippen LogP contribution in [0.1, 0.15) is 19.0 Å². The Hall–Kier alpha value is -0.460. The number of nitrogens with zero attached hydrogens (tertiary/aromatic N) is 1. The third-order valence-electron chi connectivity index (χ3n) is 2.03. The SMILES string of the molecule is CCCNC(=O)CNCc1ncc(Br)cc1Br. The van der Waals surface area contributed by atoms with E-state index in [-0.39, 0.29) is 5.91 Å². The van der Waals surface area contributed by atoms with Crippen molar-refractivity contribution in [1.29, 1.82) is 0 Å². The number of carbonyl (C=O) groups is 1. The molecule has 0 aromatic carbocycles. The Labute approximate surface area is 118 Å². The number of hydrogen-bond donors (Lipinski definition) is 2. The molecule has 1 amide bonds. The number of amides is 1. The van der Waals surface area contributed by atoms with Crippen molar-refractivity contribution in [1.82, 2.24) is 15.6 Å². The summed E-state index contributed by atoms with van der Waals surface area (Å²) in [5.74, 6) is 0.0140. The Kier molecular flexibility index (Phi) is 6.69. The smallest absolute Gasteiger partial charge is 0.233 e. The van der Waals surface area contributed by atoms with Gasteiger partial charge in [-0.3, -0.25) is 9.78 Å². The molecule has 6 heteroatoms. The molecule has 94 valence electrons. The van der Waals surface area contributed by atoms with E-state index < -0.39 is 0 Å². The fourth-order valence-electron chi connectivity index (χ4n) is 1.19. The average Bonchev–Trinajstić information content (AvgIpc) is 2.29. The number of nitrogens with one attached hydrogen (secondary N) is 2. The van der Waals surface area contributed by atoms with Gasteiger partial charge in [0, 0.05) is 28.2 Å². The summed E-state index contributed by atoms with van der Waals surface area (Å²) < 4.78 is 1.85. The maximum absolute atomic E-state index is 11.3. The van der Waals surface area contributed by atoms with Gasteiger partial charge in [0.2, 0.25) is 5.91 Å². The Morgan fingerprint density at radius 1 is 1.47 bits per heavy atom. The van der Waals surface area contributed by atoms with Crippen LogP contribution < -0.4 is 10.6 Å². The summed E-state index contributed by atoms with van der Waals surface area (Å²) in [5.41, 5.74) is 0.886. The van der Waals surface area contributed by atoms with Crippen LogP contribution in [0.4, 0.5) is 0 Å². The first-order valence-corrected chi connectivity index (χ1v) is 6.99. The van der Waals surface area contributed by atoms with Crippen LogP contribution >= 0.6 is 31.9 Å². The van der Waals surface area contributed by atoms with Crippen molar-refractivity contribution < 1.29 is 4.79 Å². The van der Waals surface area contributed by atoms with Crippen LogP contribution in [0.25, 0.3) is 0 Å². The third-order valence-corrected chi connectivity index (χ3v) is 3.15. The predicted octanol–water partition coefficient (Wildman–Crippen LogP) is 2.22. The lowest BCUT2D eigenvalue weighted by molar-refractivity contribution is -0.120. The van der Waals surface area contributed by atoms with Gasteiger partial charge in [0.15, 0.2) is 0 Å². The quantitative estimate of drug-likeness (QED) is 0.813. The van der Waals surface area contributed by atoms with E-state index in [1.807, 2.05) is 13.0 Å². The molecule has 0 atom stereocenters. The number of halogens is 2. The first kappa shape index (κ1) is 14.6. The average molecular weight is 365 g/mol. The van der Waals surface area contributed by atoms with Gasteiger partial charge in [-0.15, -0.1) is 0 Å². The summed E-state index contributed by atoms with van der Waals surface area (Å²) in [5, 5.41) is 5.85. The summed E-state index contributed by atoms with van der Waals surface area (Å²) in [7, 11) is 0. The van der Waals surface area contributed by atoms with Crippen LogP contribution in [0.15, 0.2) is 21.2 Å². The molecule has 0 unspecified atom stereocenters. The molecule has 0 bridgehead atoms. The van der Waals surface area contributed by atoms with E-state index in [1.165, 1.54) is 0 Å². The molecule has 0 fully saturated rings. The van der Waals surface area contributed by atoms with Gasteiger partial charge in [0.1, 0.15) is 0 Å². The van der Waals surface area contributed by atoms with E-state index in [9.17, 15) is 4.79 Å².